The van der Waals surface area contributed by atoms with E-state index in [2.05, 4.69) is 21.3 Å². The van der Waals surface area contributed by atoms with Crippen LogP contribution >= 0.6 is 0 Å². The molecule has 0 atom stereocenters. The van der Waals surface area contributed by atoms with Crippen molar-refractivity contribution in [3.63, 3.8) is 0 Å². The first-order valence-corrected chi connectivity index (χ1v) is 3.64. The highest BCUT2D eigenvalue weighted by Gasteiger charge is 2.15. The first-order valence-electron chi connectivity index (χ1n) is 3.64. The molecule has 0 saturated carbocycles. The van der Waals surface area contributed by atoms with E-state index in [0.29, 0.717) is 0 Å². The van der Waals surface area contributed by atoms with E-state index in [4.69, 9.17) is 0 Å². The fourth-order valence-corrected chi connectivity index (χ4v) is 1.29. The van der Waals surface area contributed by atoms with Gasteiger partial charge in [-0.3, -0.25) is 0 Å². The van der Waals surface area contributed by atoms with Crippen LogP contribution in [-0.2, 0) is 0 Å². The largest absolute Gasteiger partial charge is 0.354 e. The van der Waals surface area contributed by atoms with Crippen molar-refractivity contribution in [2.45, 2.75) is 0 Å². The van der Waals surface area contributed by atoms with Crippen molar-refractivity contribution in [2.75, 3.05) is 26.2 Å². The molecule has 3 heteroatoms. The van der Waals surface area contributed by atoms with E-state index in [1.807, 2.05) is 6.20 Å². The summed E-state index contributed by atoms with van der Waals surface area (Å²) < 4.78 is 0. The number of hydrogen-bond donors (Lipinski definition) is 1. The lowest BCUT2D eigenvalue weighted by Crippen LogP contribution is -2.48. The van der Waals surface area contributed by atoms with Crippen molar-refractivity contribution in [1.82, 2.24) is 10.2 Å². The lowest BCUT2D eigenvalue weighted by Gasteiger charge is -2.31. The molecule has 54 valence electrons. The summed E-state index contributed by atoms with van der Waals surface area (Å²) in [6, 6.07) is 0. The zero-order valence-electron chi connectivity index (χ0n) is 5.88. The van der Waals surface area contributed by atoms with Crippen LogP contribution in [0.3, 0.4) is 0 Å². The van der Waals surface area contributed by atoms with E-state index in [-0.39, 0.29) is 0 Å². The first kappa shape index (κ1) is 5.92. The Balaban J connectivity index is 2.14. The van der Waals surface area contributed by atoms with Gasteiger partial charge in [0.1, 0.15) is 5.84 Å². The molecule has 3 nitrogen and oxygen atoms in total. The molecule has 0 aliphatic carbocycles. The Morgan fingerprint density at radius 1 is 1.60 bits per heavy atom. The minimum atomic E-state index is 0.935. The van der Waals surface area contributed by atoms with Crippen LogP contribution in [-0.4, -0.2) is 36.9 Å². The number of fused-ring (bicyclic) bond motifs is 1. The van der Waals surface area contributed by atoms with Crippen LogP contribution < -0.4 is 5.32 Å². The van der Waals surface area contributed by atoms with Gasteiger partial charge in [0.05, 0.1) is 6.54 Å². The van der Waals surface area contributed by atoms with E-state index in [9.17, 15) is 0 Å². The van der Waals surface area contributed by atoms with Crippen LogP contribution in [0.4, 0.5) is 0 Å². The van der Waals surface area contributed by atoms with Gasteiger partial charge in [-0.25, -0.2) is 4.99 Å². The molecule has 0 unspecified atom stereocenters. The van der Waals surface area contributed by atoms with Gasteiger partial charge in [-0.05, 0) is 6.08 Å². The zero-order chi connectivity index (χ0) is 6.81. The highest BCUT2D eigenvalue weighted by atomic mass is 15.2. The smallest absolute Gasteiger partial charge is 0.118 e. The molecule has 0 aromatic rings. The van der Waals surface area contributed by atoms with Gasteiger partial charge in [0, 0.05) is 25.8 Å². The van der Waals surface area contributed by atoms with Gasteiger partial charge < -0.3 is 10.2 Å². The number of nitrogens with one attached hydrogen (secondary N) is 1. The van der Waals surface area contributed by atoms with Crippen LogP contribution in [0.2, 0.25) is 0 Å². The Kier molecular flexibility index (Phi) is 1.43. The normalized spacial score (nSPS) is 24.0. The van der Waals surface area contributed by atoms with Gasteiger partial charge in [-0.2, -0.15) is 0 Å². The third-order valence-corrected chi connectivity index (χ3v) is 1.86. The number of hydrogen-bond acceptors (Lipinski definition) is 3. The highest BCUT2D eigenvalue weighted by molar-refractivity contribution is 5.86. The maximum Gasteiger partial charge on any atom is 0.118 e. The van der Waals surface area contributed by atoms with Gasteiger partial charge in [-0.15, -0.1) is 0 Å². The summed E-state index contributed by atoms with van der Waals surface area (Å²) in [6.07, 6.45) is 3.98. The molecule has 1 N–H and O–H groups in total. The molecule has 0 aromatic heterocycles. The average molecular weight is 137 g/mol. The maximum atomic E-state index is 4.25. The SMILES string of the molecule is C1=CN=C2CNCCN2C1. The summed E-state index contributed by atoms with van der Waals surface area (Å²) in [7, 11) is 0. The van der Waals surface area contributed by atoms with E-state index in [0.717, 1.165) is 26.2 Å². The molecule has 2 heterocycles. The molecule has 0 bridgehead atoms. The molecule has 1 saturated heterocycles. The van der Waals surface area contributed by atoms with Gasteiger partial charge >= 0.3 is 0 Å². The molecule has 10 heavy (non-hydrogen) atoms. The van der Waals surface area contributed by atoms with Crippen molar-refractivity contribution < 1.29 is 0 Å². The van der Waals surface area contributed by atoms with E-state index >= 15 is 0 Å². The summed E-state index contributed by atoms with van der Waals surface area (Å²) in [5, 5.41) is 3.28. The van der Waals surface area contributed by atoms with Crippen molar-refractivity contribution >= 4 is 5.84 Å². The molecule has 2 aliphatic heterocycles. The fraction of sp³-hybridized carbons (Fsp3) is 0.571. The molecule has 0 amide bonds. The lowest BCUT2D eigenvalue weighted by atomic mass is 10.3. The lowest BCUT2D eigenvalue weighted by molar-refractivity contribution is 0.408. The fourth-order valence-electron chi connectivity index (χ4n) is 1.29. The predicted octanol–water partition coefficient (Wildman–Crippen LogP) is -0.183. The van der Waals surface area contributed by atoms with E-state index in [1.54, 1.807) is 0 Å². The van der Waals surface area contributed by atoms with Gasteiger partial charge in [0.15, 0.2) is 0 Å². The van der Waals surface area contributed by atoms with Crippen LogP contribution in [0.25, 0.3) is 0 Å². The van der Waals surface area contributed by atoms with Crippen molar-refractivity contribution in [2.24, 2.45) is 4.99 Å². The minimum Gasteiger partial charge on any atom is -0.354 e. The van der Waals surface area contributed by atoms with Crippen LogP contribution in [0.5, 0.6) is 0 Å². The van der Waals surface area contributed by atoms with Crippen LogP contribution in [0, 0.1) is 0 Å². The Labute approximate surface area is 60.4 Å². The first-order chi connectivity index (χ1) is 4.97. The van der Waals surface area contributed by atoms with Crippen molar-refractivity contribution in [3.8, 4) is 0 Å². The summed E-state index contributed by atoms with van der Waals surface area (Å²) in [5.74, 6) is 1.19. The van der Waals surface area contributed by atoms with E-state index in [1.165, 1.54) is 5.84 Å². The molecular weight excluding hydrogens is 126 g/mol. The Morgan fingerprint density at radius 3 is 3.50 bits per heavy atom. The predicted molar refractivity (Wildman–Crippen MR) is 41.0 cm³/mol. The summed E-state index contributed by atoms with van der Waals surface area (Å²) in [4.78, 5) is 6.55. The molecular formula is C7H11N3. The molecule has 1 fully saturated rings. The highest BCUT2D eigenvalue weighted by Crippen LogP contribution is 2.01. The molecule has 2 rings (SSSR count). The number of amidine groups is 1. The van der Waals surface area contributed by atoms with E-state index < -0.39 is 0 Å². The molecule has 0 radical (unpaired) electrons. The minimum absolute atomic E-state index is 0.935. The summed E-state index contributed by atoms with van der Waals surface area (Å²) in [6.45, 7) is 4.17. The third kappa shape index (κ3) is 0.926. The molecule has 0 spiro atoms. The second-order valence-electron chi connectivity index (χ2n) is 2.55. The zero-order valence-corrected chi connectivity index (χ0v) is 5.88. The second-order valence-corrected chi connectivity index (χ2v) is 2.55. The molecule has 0 aromatic carbocycles. The van der Waals surface area contributed by atoms with Gasteiger partial charge in [0.2, 0.25) is 0 Å². The summed E-state index contributed by atoms with van der Waals surface area (Å²) >= 11 is 0. The number of nitrogens with zero attached hydrogens (tertiary/aromatic N) is 2. The molecule has 2 aliphatic rings. The third-order valence-electron chi connectivity index (χ3n) is 1.86. The average Bonchev–Trinajstić information content (AvgIpc) is 2.05. The topological polar surface area (TPSA) is 27.6 Å². The number of piperazine rings is 1. The summed E-state index contributed by atoms with van der Waals surface area (Å²) in [5.41, 5.74) is 0. The van der Waals surface area contributed by atoms with Crippen LogP contribution in [0.15, 0.2) is 17.3 Å². The van der Waals surface area contributed by atoms with Gasteiger partial charge in [-0.1, -0.05) is 0 Å². The number of aliphatic imine (C=N–C) groups is 1. The van der Waals surface area contributed by atoms with Crippen molar-refractivity contribution in [3.05, 3.63) is 12.3 Å². The number of rotatable bonds is 0. The van der Waals surface area contributed by atoms with Crippen LogP contribution in [0.1, 0.15) is 0 Å². The Morgan fingerprint density at radius 2 is 2.60 bits per heavy atom. The standard InChI is InChI=1S/C7H11N3/c1-2-9-7-6-8-3-5-10(7)4-1/h1-2,8H,3-6H2. The monoisotopic (exact) mass is 137 g/mol. The van der Waals surface area contributed by atoms with Gasteiger partial charge in [0.25, 0.3) is 0 Å². The second kappa shape index (κ2) is 2.42. The maximum absolute atomic E-state index is 4.25. The Hall–Kier alpha value is -0.830. The van der Waals surface area contributed by atoms with Crippen molar-refractivity contribution in [1.29, 1.82) is 0 Å². The Bertz CT molecular complexity index is 183. The quantitative estimate of drug-likeness (QED) is 0.501.